The first-order chi connectivity index (χ1) is 17.7. The molecule has 3 aromatic rings. The zero-order valence-corrected chi connectivity index (χ0v) is 20.7. The number of hydrogen-bond acceptors (Lipinski definition) is 5. The average molecular weight is 502 g/mol. The van der Waals surface area contributed by atoms with Gasteiger partial charge < -0.3 is 25.5 Å². The number of hydrogen-bond donors (Lipinski definition) is 4. The summed E-state index contributed by atoms with van der Waals surface area (Å²) in [4.78, 5) is 52.8. The summed E-state index contributed by atoms with van der Waals surface area (Å²) in [6, 6.07) is 13.2. The number of carboxylic acids is 1. The van der Waals surface area contributed by atoms with Crippen molar-refractivity contribution in [1.82, 2.24) is 10.3 Å². The number of aromatic carboxylic acids is 1. The molecule has 2 heterocycles. The Kier molecular flexibility index (Phi) is 7.24. The van der Waals surface area contributed by atoms with Gasteiger partial charge >= 0.3 is 11.9 Å². The Balaban J connectivity index is 1.60. The molecule has 1 unspecified atom stereocenters. The fourth-order valence-corrected chi connectivity index (χ4v) is 4.45. The number of benzene rings is 2. The number of esters is 1. The van der Waals surface area contributed by atoms with Gasteiger partial charge in [-0.25, -0.2) is 9.59 Å². The summed E-state index contributed by atoms with van der Waals surface area (Å²) in [5.41, 5.74) is 4.40. The minimum atomic E-state index is -1.10. The van der Waals surface area contributed by atoms with E-state index in [-0.39, 0.29) is 17.0 Å². The Hall–Kier alpha value is -4.66. The minimum Gasteiger partial charge on any atom is -0.478 e. The van der Waals surface area contributed by atoms with Gasteiger partial charge in [0.15, 0.2) is 0 Å². The van der Waals surface area contributed by atoms with E-state index in [0.29, 0.717) is 46.6 Å². The maximum absolute atomic E-state index is 13.3. The number of carbonyl (C=O) groups excluding carboxylic acids is 3. The lowest BCUT2D eigenvalue weighted by atomic mass is 10.0. The minimum absolute atomic E-state index is 0.0601. The Morgan fingerprint density at radius 1 is 1.11 bits per heavy atom. The Morgan fingerprint density at radius 3 is 2.51 bits per heavy atom. The molecule has 190 valence electrons. The fraction of sp³-hybridized carbons (Fsp3) is 0.214. The van der Waals surface area contributed by atoms with Gasteiger partial charge in [0.25, 0.3) is 11.8 Å². The number of aromatic amines is 1. The van der Waals surface area contributed by atoms with E-state index < -0.39 is 23.9 Å². The third-order valence-corrected chi connectivity index (χ3v) is 6.40. The molecule has 0 fully saturated rings. The van der Waals surface area contributed by atoms with E-state index in [0.717, 1.165) is 5.56 Å². The highest BCUT2D eigenvalue weighted by molar-refractivity contribution is 6.35. The van der Waals surface area contributed by atoms with Gasteiger partial charge in [0.1, 0.15) is 6.04 Å². The predicted molar refractivity (Wildman–Crippen MR) is 138 cm³/mol. The molecule has 4 rings (SSSR count). The van der Waals surface area contributed by atoms with E-state index in [1.807, 2.05) is 30.3 Å². The smallest absolute Gasteiger partial charge is 0.335 e. The number of nitrogens with one attached hydrogen (secondary N) is 3. The zero-order valence-electron chi connectivity index (χ0n) is 20.7. The van der Waals surface area contributed by atoms with Crippen LogP contribution in [-0.2, 0) is 20.7 Å². The number of carboxylic acid groups (broad SMARTS) is 1. The molecular formula is C28H27N3O6. The van der Waals surface area contributed by atoms with Gasteiger partial charge in [-0.2, -0.15) is 0 Å². The van der Waals surface area contributed by atoms with Crippen molar-refractivity contribution in [3.05, 3.63) is 87.7 Å². The quantitative estimate of drug-likeness (QED) is 0.274. The van der Waals surface area contributed by atoms with E-state index in [4.69, 9.17) is 4.74 Å². The van der Waals surface area contributed by atoms with Crippen molar-refractivity contribution in [2.75, 3.05) is 12.4 Å². The molecule has 0 saturated heterocycles. The van der Waals surface area contributed by atoms with Crippen molar-refractivity contribution in [3.63, 3.8) is 0 Å². The summed E-state index contributed by atoms with van der Waals surface area (Å²) >= 11 is 0. The van der Waals surface area contributed by atoms with Gasteiger partial charge in [-0.3, -0.25) is 9.59 Å². The van der Waals surface area contributed by atoms with Crippen LogP contribution in [0.4, 0.5) is 5.69 Å². The molecule has 0 aliphatic carbocycles. The lowest BCUT2D eigenvalue weighted by molar-refractivity contribution is -0.143. The number of ether oxygens (including phenoxy) is 1. The Labute approximate surface area is 213 Å². The van der Waals surface area contributed by atoms with Gasteiger partial charge in [-0.15, -0.1) is 0 Å². The van der Waals surface area contributed by atoms with Crippen LogP contribution >= 0.6 is 0 Å². The number of aromatic nitrogens is 1. The lowest BCUT2D eigenvalue weighted by Gasteiger charge is -2.17. The molecule has 0 spiro atoms. The SMILES string of the molecule is COC(=O)C(CCc1ccccc1)NC(=O)c1c(C)[nH]c(C=C2C(=O)Nc3ccc(C(=O)O)cc32)c1C. The highest BCUT2D eigenvalue weighted by Crippen LogP contribution is 2.34. The van der Waals surface area contributed by atoms with Crippen molar-refractivity contribution in [3.8, 4) is 0 Å². The van der Waals surface area contributed by atoms with E-state index >= 15 is 0 Å². The zero-order chi connectivity index (χ0) is 26.7. The largest absolute Gasteiger partial charge is 0.478 e. The van der Waals surface area contributed by atoms with Gasteiger partial charge in [0.2, 0.25) is 0 Å². The highest BCUT2D eigenvalue weighted by Gasteiger charge is 2.28. The maximum Gasteiger partial charge on any atom is 0.335 e. The second-order valence-corrected chi connectivity index (χ2v) is 8.81. The Morgan fingerprint density at radius 2 is 1.84 bits per heavy atom. The molecule has 0 radical (unpaired) electrons. The van der Waals surface area contributed by atoms with Crippen LogP contribution in [0.3, 0.4) is 0 Å². The highest BCUT2D eigenvalue weighted by atomic mass is 16.5. The molecule has 1 aliphatic rings. The summed E-state index contributed by atoms with van der Waals surface area (Å²) in [7, 11) is 1.28. The fourth-order valence-electron chi connectivity index (χ4n) is 4.45. The van der Waals surface area contributed by atoms with Crippen LogP contribution < -0.4 is 10.6 Å². The number of methoxy groups -OCH3 is 1. The van der Waals surface area contributed by atoms with Crippen LogP contribution in [0.15, 0.2) is 48.5 Å². The van der Waals surface area contributed by atoms with Crippen LogP contribution in [0.5, 0.6) is 0 Å². The van der Waals surface area contributed by atoms with E-state index in [1.165, 1.54) is 19.2 Å². The van der Waals surface area contributed by atoms with Gasteiger partial charge in [0.05, 0.1) is 23.8 Å². The Bertz CT molecular complexity index is 1420. The standard InChI is InChI=1S/C28H27N3O6/c1-15-23(14-20-19-13-18(27(34)35)10-12-21(19)30-25(20)32)29-16(2)24(15)26(33)31-22(28(36)37-3)11-9-17-7-5-4-6-8-17/h4-8,10,12-14,22,29H,9,11H2,1-3H3,(H,30,32)(H,31,33)(H,34,35). The number of aryl methyl sites for hydroxylation is 2. The molecule has 1 atom stereocenters. The molecule has 37 heavy (non-hydrogen) atoms. The van der Waals surface area contributed by atoms with Crippen LogP contribution in [0.1, 0.15) is 55.2 Å². The first-order valence-corrected chi connectivity index (χ1v) is 11.7. The normalized spacial score (nSPS) is 14.1. The van der Waals surface area contributed by atoms with Crippen molar-refractivity contribution in [2.24, 2.45) is 0 Å². The van der Waals surface area contributed by atoms with Crippen molar-refractivity contribution < 1.29 is 29.0 Å². The van der Waals surface area contributed by atoms with Crippen molar-refractivity contribution in [1.29, 1.82) is 0 Å². The van der Waals surface area contributed by atoms with Crippen LogP contribution in [0, 0.1) is 13.8 Å². The number of fused-ring (bicyclic) bond motifs is 1. The van der Waals surface area contributed by atoms with Gasteiger partial charge in [0, 0.05) is 22.6 Å². The van der Waals surface area contributed by atoms with E-state index in [1.54, 1.807) is 26.0 Å². The second kappa shape index (κ2) is 10.5. The summed E-state index contributed by atoms with van der Waals surface area (Å²) in [5.74, 6) is -2.45. The molecule has 9 nitrogen and oxygen atoms in total. The number of rotatable bonds is 8. The van der Waals surface area contributed by atoms with E-state index in [2.05, 4.69) is 15.6 Å². The molecule has 9 heteroatoms. The third kappa shape index (κ3) is 5.30. The number of amides is 2. The topological polar surface area (TPSA) is 138 Å². The molecule has 4 N–H and O–H groups in total. The molecule has 1 aromatic heterocycles. The van der Waals surface area contributed by atoms with Crippen molar-refractivity contribution in [2.45, 2.75) is 32.7 Å². The first kappa shape index (κ1) is 25.4. The van der Waals surface area contributed by atoms with Gasteiger partial charge in [-0.05, 0) is 62.1 Å². The monoisotopic (exact) mass is 501 g/mol. The molecule has 0 saturated carbocycles. The number of anilines is 1. The predicted octanol–water partition coefficient (Wildman–Crippen LogP) is 3.73. The average Bonchev–Trinajstić information content (AvgIpc) is 3.35. The van der Waals surface area contributed by atoms with Crippen LogP contribution in [0.25, 0.3) is 11.6 Å². The summed E-state index contributed by atoms with van der Waals surface area (Å²) in [6.45, 7) is 3.47. The number of carbonyl (C=O) groups is 4. The second-order valence-electron chi connectivity index (χ2n) is 8.81. The van der Waals surface area contributed by atoms with Gasteiger partial charge in [-0.1, -0.05) is 30.3 Å². The molecule has 2 amide bonds. The summed E-state index contributed by atoms with van der Waals surface area (Å²) in [6.07, 6.45) is 2.54. The lowest BCUT2D eigenvalue weighted by Crippen LogP contribution is -2.42. The van der Waals surface area contributed by atoms with E-state index in [9.17, 15) is 24.3 Å². The molecule has 2 aromatic carbocycles. The maximum atomic E-state index is 13.3. The summed E-state index contributed by atoms with van der Waals surface area (Å²) < 4.78 is 4.91. The molecule has 0 bridgehead atoms. The van der Waals surface area contributed by atoms with Crippen molar-refractivity contribution >= 4 is 41.1 Å². The molecular weight excluding hydrogens is 474 g/mol. The number of H-pyrrole nitrogens is 1. The van der Waals surface area contributed by atoms with Crippen LogP contribution in [-0.4, -0.2) is 47.0 Å². The molecule has 1 aliphatic heterocycles. The third-order valence-electron chi connectivity index (χ3n) is 6.40. The first-order valence-electron chi connectivity index (χ1n) is 11.7. The summed E-state index contributed by atoms with van der Waals surface area (Å²) in [5, 5.41) is 14.8. The van der Waals surface area contributed by atoms with Crippen LogP contribution in [0.2, 0.25) is 0 Å².